The molecule has 3 rings (SSSR count). The average molecular weight is 350 g/mol. The molecule has 1 aromatic heterocycles. The molecular weight excluding hydrogens is 332 g/mol. The lowest BCUT2D eigenvalue weighted by molar-refractivity contribution is -0.142. The number of hydrogen-bond donors (Lipinski definition) is 1. The molecule has 0 aliphatic carbocycles. The first kappa shape index (κ1) is 17.4. The summed E-state index contributed by atoms with van der Waals surface area (Å²) < 4.78 is 5.99. The number of oxazole rings is 1. The van der Waals surface area contributed by atoms with E-state index in [1.54, 1.807) is 0 Å². The highest BCUT2D eigenvalue weighted by Crippen LogP contribution is 2.32. The van der Waals surface area contributed by atoms with Crippen LogP contribution < -0.4 is 0 Å². The van der Waals surface area contributed by atoms with Gasteiger partial charge in [-0.25, -0.2) is 9.78 Å². The molecule has 132 valence electrons. The van der Waals surface area contributed by atoms with Gasteiger partial charge in [-0.1, -0.05) is 65.8 Å². The van der Waals surface area contributed by atoms with Crippen LogP contribution in [0.1, 0.15) is 12.3 Å². The van der Waals surface area contributed by atoms with E-state index in [9.17, 15) is 4.79 Å². The first-order valence-corrected chi connectivity index (χ1v) is 8.20. The van der Waals surface area contributed by atoms with Crippen LogP contribution in [0.4, 0.5) is 0 Å². The largest absolute Gasteiger partial charge is 0.479 e. The van der Waals surface area contributed by atoms with E-state index in [-0.39, 0.29) is 0 Å². The fourth-order valence-corrected chi connectivity index (χ4v) is 2.43. The summed E-state index contributed by atoms with van der Waals surface area (Å²) in [4.78, 5) is 19.6. The highest BCUT2D eigenvalue weighted by Gasteiger charge is 2.16. The number of hydrogen-bond acceptors (Lipinski definition) is 5. The number of rotatable bonds is 8. The molecule has 26 heavy (non-hydrogen) atoms. The summed E-state index contributed by atoms with van der Waals surface area (Å²) in [6.07, 6.45) is 2.58. The minimum absolute atomic E-state index is 0.453. The highest BCUT2D eigenvalue weighted by molar-refractivity contribution is 5.76. The first-order valence-electron chi connectivity index (χ1n) is 8.20. The summed E-state index contributed by atoms with van der Waals surface area (Å²) in [5.74, 6) is 0.258. The van der Waals surface area contributed by atoms with E-state index < -0.39 is 12.6 Å². The van der Waals surface area contributed by atoms with Gasteiger partial charge in [0, 0.05) is 23.8 Å². The maximum absolute atomic E-state index is 10.3. The Morgan fingerprint density at radius 1 is 1.08 bits per heavy atom. The predicted molar refractivity (Wildman–Crippen MR) is 97.8 cm³/mol. The molecule has 0 spiro atoms. The number of aryl methyl sites for hydroxylation is 1. The van der Waals surface area contributed by atoms with Crippen molar-refractivity contribution in [1.82, 2.24) is 4.98 Å². The van der Waals surface area contributed by atoms with Crippen molar-refractivity contribution in [3.63, 3.8) is 0 Å². The predicted octanol–water partition coefficient (Wildman–Crippen LogP) is 4.03. The van der Waals surface area contributed by atoms with Gasteiger partial charge in [-0.05, 0) is 6.42 Å². The minimum atomic E-state index is -1.06. The van der Waals surface area contributed by atoms with Crippen LogP contribution in [-0.4, -0.2) is 28.9 Å². The van der Waals surface area contributed by atoms with E-state index in [1.807, 2.05) is 60.7 Å². The number of oxime groups is 1. The van der Waals surface area contributed by atoms with Crippen LogP contribution in [0.25, 0.3) is 22.6 Å². The topological polar surface area (TPSA) is 84.9 Å². The molecule has 0 atom stereocenters. The van der Waals surface area contributed by atoms with Crippen molar-refractivity contribution in [1.29, 1.82) is 0 Å². The second-order valence-electron chi connectivity index (χ2n) is 5.51. The van der Waals surface area contributed by atoms with Gasteiger partial charge in [0.15, 0.2) is 11.7 Å². The number of nitrogens with zero attached hydrogens (tertiary/aromatic N) is 2. The summed E-state index contributed by atoms with van der Waals surface area (Å²) in [6, 6.07) is 19.7. The number of aromatic nitrogens is 1. The van der Waals surface area contributed by atoms with E-state index in [0.717, 1.165) is 22.6 Å². The number of aliphatic carboxylic acids is 1. The third-order valence-electron chi connectivity index (χ3n) is 3.58. The van der Waals surface area contributed by atoms with Crippen LogP contribution in [-0.2, 0) is 16.1 Å². The molecule has 0 unspecified atom stereocenters. The van der Waals surface area contributed by atoms with E-state index in [2.05, 4.69) is 15.0 Å². The van der Waals surface area contributed by atoms with Crippen LogP contribution in [0.2, 0.25) is 0 Å². The van der Waals surface area contributed by atoms with Gasteiger partial charge in [0.1, 0.15) is 5.69 Å². The van der Waals surface area contributed by atoms with Gasteiger partial charge in [0.25, 0.3) is 0 Å². The van der Waals surface area contributed by atoms with Crippen molar-refractivity contribution in [2.24, 2.45) is 5.16 Å². The van der Waals surface area contributed by atoms with Crippen molar-refractivity contribution in [3.8, 4) is 22.6 Å². The van der Waals surface area contributed by atoms with Crippen molar-refractivity contribution >= 4 is 12.2 Å². The Morgan fingerprint density at radius 2 is 1.73 bits per heavy atom. The van der Waals surface area contributed by atoms with Crippen molar-refractivity contribution in [2.45, 2.75) is 12.8 Å². The van der Waals surface area contributed by atoms with Crippen LogP contribution >= 0.6 is 0 Å². The molecular formula is C20H18N2O4. The first-order chi connectivity index (χ1) is 12.7. The Hall–Kier alpha value is -3.41. The van der Waals surface area contributed by atoms with Gasteiger partial charge in [-0.15, -0.1) is 0 Å². The number of carboxylic acids is 1. The summed E-state index contributed by atoms with van der Waals surface area (Å²) in [5.41, 5.74) is 2.74. The molecule has 6 nitrogen and oxygen atoms in total. The van der Waals surface area contributed by atoms with Crippen LogP contribution in [0.5, 0.6) is 0 Å². The third-order valence-corrected chi connectivity index (χ3v) is 3.58. The van der Waals surface area contributed by atoms with E-state index in [4.69, 9.17) is 9.52 Å². The van der Waals surface area contributed by atoms with Gasteiger partial charge in [0.05, 0.1) is 0 Å². The maximum atomic E-state index is 10.3. The molecule has 1 N–H and O–H groups in total. The molecule has 0 radical (unpaired) electrons. The van der Waals surface area contributed by atoms with Gasteiger partial charge < -0.3 is 14.4 Å². The molecule has 0 aliphatic heterocycles. The maximum Gasteiger partial charge on any atom is 0.344 e. The molecule has 1 heterocycles. The standard InChI is InChI=1S/C20H18N2O4/c23-18(24)14-25-21-13-7-12-17-22-19(15-8-3-1-4-9-15)20(26-17)16-10-5-2-6-11-16/h1-6,8-11,13H,7,12,14H2,(H,23,24)/b21-13-. The molecule has 0 aliphatic rings. The van der Waals surface area contributed by atoms with Gasteiger partial charge in [-0.3, -0.25) is 0 Å². The normalized spacial score (nSPS) is 10.9. The molecule has 3 aromatic rings. The zero-order valence-corrected chi connectivity index (χ0v) is 14.0. The van der Waals surface area contributed by atoms with Crippen LogP contribution in [0, 0.1) is 0 Å². The molecule has 0 saturated heterocycles. The van der Waals surface area contributed by atoms with Gasteiger partial charge >= 0.3 is 5.97 Å². The molecule has 0 bridgehead atoms. The van der Waals surface area contributed by atoms with Crippen molar-refractivity contribution < 1.29 is 19.2 Å². The van der Waals surface area contributed by atoms with Crippen LogP contribution in [0.3, 0.4) is 0 Å². The number of carbonyl (C=O) groups is 1. The summed E-state index contributed by atoms with van der Waals surface area (Å²) in [6.45, 7) is -0.453. The monoisotopic (exact) mass is 350 g/mol. The summed E-state index contributed by atoms with van der Waals surface area (Å²) in [5, 5.41) is 12.1. The van der Waals surface area contributed by atoms with Gasteiger partial charge in [0.2, 0.25) is 6.61 Å². The fraction of sp³-hybridized carbons (Fsp3) is 0.150. The van der Waals surface area contributed by atoms with E-state index in [0.29, 0.717) is 18.7 Å². The number of benzene rings is 2. The molecule has 0 amide bonds. The quantitative estimate of drug-likeness (QED) is 0.490. The second-order valence-corrected chi connectivity index (χ2v) is 5.51. The lowest BCUT2D eigenvalue weighted by Gasteiger charge is -2.00. The summed E-state index contributed by atoms with van der Waals surface area (Å²) >= 11 is 0. The second kappa shape index (κ2) is 8.62. The Bertz CT molecular complexity index is 816. The molecule has 2 aromatic carbocycles. The van der Waals surface area contributed by atoms with Crippen molar-refractivity contribution in [3.05, 3.63) is 66.6 Å². The third kappa shape index (κ3) is 4.57. The van der Waals surface area contributed by atoms with E-state index >= 15 is 0 Å². The van der Waals surface area contributed by atoms with Crippen molar-refractivity contribution in [2.75, 3.05) is 6.61 Å². The Labute approximate surface area is 150 Å². The number of carboxylic acid groups (broad SMARTS) is 1. The molecule has 6 heteroatoms. The Morgan fingerprint density at radius 3 is 2.38 bits per heavy atom. The highest BCUT2D eigenvalue weighted by atomic mass is 16.6. The summed E-state index contributed by atoms with van der Waals surface area (Å²) in [7, 11) is 0. The lowest BCUT2D eigenvalue weighted by atomic mass is 10.1. The molecule has 0 saturated carbocycles. The zero-order valence-electron chi connectivity index (χ0n) is 14.0. The fourth-order valence-electron chi connectivity index (χ4n) is 2.43. The molecule has 0 fully saturated rings. The van der Waals surface area contributed by atoms with Crippen LogP contribution in [0.15, 0.2) is 70.2 Å². The van der Waals surface area contributed by atoms with E-state index in [1.165, 1.54) is 6.21 Å². The average Bonchev–Trinajstić information content (AvgIpc) is 3.10. The SMILES string of the molecule is O=C(O)CO/N=C\CCc1nc(-c2ccccc2)c(-c2ccccc2)o1. The zero-order chi connectivity index (χ0) is 18.2. The Balaban J connectivity index is 1.78. The lowest BCUT2D eigenvalue weighted by Crippen LogP contribution is -2.03. The smallest absolute Gasteiger partial charge is 0.344 e. The minimum Gasteiger partial charge on any atom is -0.479 e. The Kier molecular flexibility index (Phi) is 5.77. The van der Waals surface area contributed by atoms with Gasteiger partial charge in [-0.2, -0.15) is 0 Å².